The summed E-state index contributed by atoms with van der Waals surface area (Å²) >= 11 is 0. The Balaban J connectivity index is 1.74. The molecular formula is C14H20N4O2. The molecule has 108 valence electrons. The molecule has 2 rings (SSSR count). The Bertz CT molecular complexity index is 464. The predicted molar refractivity (Wildman–Crippen MR) is 75.8 cm³/mol. The maximum atomic E-state index is 11.9. The fourth-order valence-corrected chi connectivity index (χ4v) is 2.42. The third-order valence-corrected chi connectivity index (χ3v) is 3.45. The van der Waals surface area contributed by atoms with Gasteiger partial charge in [-0.3, -0.25) is 14.6 Å². The van der Waals surface area contributed by atoms with Crippen LogP contribution in [0.2, 0.25) is 0 Å². The van der Waals surface area contributed by atoms with Gasteiger partial charge in [0.15, 0.2) is 0 Å². The van der Waals surface area contributed by atoms with Crippen LogP contribution in [0.5, 0.6) is 0 Å². The average molecular weight is 276 g/mol. The fourth-order valence-electron chi connectivity index (χ4n) is 2.42. The zero-order chi connectivity index (χ0) is 14.4. The third-order valence-electron chi connectivity index (χ3n) is 3.45. The van der Waals surface area contributed by atoms with Crippen LogP contribution in [0.3, 0.4) is 0 Å². The molecule has 2 atom stereocenters. The van der Waals surface area contributed by atoms with Gasteiger partial charge in [-0.15, -0.1) is 0 Å². The molecule has 1 aliphatic carbocycles. The predicted octanol–water partition coefficient (Wildman–Crippen LogP) is 0.654. The summed E-state index contributed by atoms with van der Waals surface area (Å²) in [5.41, 5.74) is 6.47. The highest BCUT2D eigenvalue weighted by Crippen LogP contribution is 2.22. The number of nitrogens with two attached hydrogens (primary N) is 1. The largest absolute Gasteiger partial charge is 0.347 e. The Hall–Kier alpha value is -1.95. The van der Waals surface area contributed by atoms with Crippen molar-refractivity contribution in [2.45, 2.75) is 31.7 Å². The molecule has 6 nitrogen and oxygen atoms in total. The lowest BCUT2D eigenvalue weighted by molar-refractivity contribution is -0.128. The van der Waals surface area contributed by atoms with Crippen molar-refractivity contribution in [2.75, 3.05) is 11.9 Å². The number of carbonyl (C=O) groups is 2. The summed E-state index contributed by atoms with van der Waals surface area (Å²) in [4.78, 5) is 27.5. The van der Waals surface area contributed by atoms with E-state index >= 15 is 0 Å². The molecule has 6 heteroatoms. The highest BCUT2D eigenvalue weighted by atomic mass is 16.2. The molecular weight excluding hydrogens is 256 g/mol. The molecule has 0 saturated heterocycles. The van der Waals surface area contributed by atoms with E-state index in [0.717, 1.165) is 19.3 Å². The molecule has 1 aromatic rings. The molecule has 1 heterocycles. The van der Waals surface area contributed by atoms with E-state index in [0.29, 0.717) is 12.1 Å². The van der Waals surface area contributed by atoms with Crippen LogP contribution in [0.1, 0.15) is 25.7 Å². The number of hydrogen-bond donors (Lipinski definition) is 3. The van der Waals surface area contributed by atoms with E-state index in [1.54, 1.807) is 24.5 Å². The van der Waals surface area contributed by atoms with Crippen molar-refractivity contribution in [2.24, 2.45) is 11.7 Å². The topological polar surface area (TPSA) is 97.1 Å². The lowest BCUT2D eigenvalue weighted by Crippen LogP contribution is -2.40. The zero-order valence-corrected chi connectivity index (χ0v) is 11.3. The molecule has 4 N–H and O–H groups in total. The Morgan fingerprint density at radius 3 is 2.95 bits per heavy atom. The van der Waals surface area contributed by atoms with Crippen LogP contribution in [-0.4, -0.2) is 29.4 Å². The number of anilines is 1. The van der Waals surface area contributed by atoms with Gasteiger partial charge in [0.05, 0.1) is 18.4 Å². The first kappa shape index (κ1) is 14.5. The summed E-state index contributed by atoms with van der Waals surface area (Å²) < 4.78 is 0. The van der Waals surface area contributed by atoms with Crippen LogP contribution in [0.25, 0.3) is 0 Å². The molecule has 0 spiro atoms. The molecule has 1 aliphatic rings. The standard InChI is InChI=1S/C14H20N4O2/c15-11-4-1-3-10(7-11)14(20)17-9-13(19)18-12-5-2-6-16-8-12/h2,5-6,8,10-11H,1,3-4,7,9,15H2,(H,17,20)(H,18,19). The van der Waals surface area contributed by atoms with Crippen molar-refractivity contribution in [3.8, 4) is 0 Å². The van der Waals surface area contributed by atoms with Gasteiger partial charge in [0, 0.05) is 18.2 Å². The minimum Gasteiger partial charge on any atom is -0.347 e. The van der Waals surface area contributed by atoms with Crippen molar-refractivity contribution in [3.05, 3.63) is 24.5 Å². The highest BCUT2D eigenvalue weighted by Gasteiger charge is 2.25. The second-order valence-electron chi connectivity index (χ2n) is 5.13. The normalized spacial score (nSPS) is 22.1. The number of carbonyl (C=O) groups excluding carboxylic acids is 2. The molecule has 0 bridgehead atoms. The van der Waals surface area contributed by atoms with Gasteiger partial charge in [-0.25, -0.2) is 0 Å². The lowest BCUT2D eigenvalue weighted by Gasteiger charge is -2.25. The van der Waals surface area contributed by atoms with E-state index in [2.05, 4.69) is 15.6 Å². The summed E-state index contributed by atoms with van der Waals surface area (Å²) in [5, 5.41) is 5.33. The van der Waals surface area contributed by atoms with Crippen molar-refractivity contribution in [3.63, 3.8) is 0 Å². The van der Waals surface area contributed by atoms with E-state index < -0.39 is 0 Å². The van der Waals surface area contributed by atoms with Crippen LogP contribution < -0.4 is 16.4 Å². The van der Waals surface area contributed by atoms with Gasteiger partial charge < -0.3 is 16.4 Å². The van der Waals surface area contributed by atoms with E-state index in [1.165, 1.54) is 0 Å². The van der Waals surface area contributed by atoms with Crippen molar-refractivity contribution < 1.29 is 9.59 Å². The molecule has 20 heavy (non-hydrogen) atoms. The smallest absolute Gasteiger partial charge is 0.243 e. The number of nitrogens with one attached hydrogen (secondary N) is 2. The first-order chi connectivity index (χ1) is 9.65. The summed E-state index contributed by atoms with van der Waals surface area (Å²) in [6.45, 7) is -0.0283. The number of amides is 2. The quantitative estimate of drug-likeness (QED) is 0.752. The Morgan fingerprint density at radius 2 is 2.25 bits per heavy atom. The highest BCUT2D eigenvalue weighted by molar-refractivity contribution is 5.94. The van der Waals surface area contributed by atoms with Crippen LogP contribution in [0, 0.1) is 5.92 Å². The van der Waals surface area contributed by atoms with Crippen molar-refractivity contribution >= 4 is 17.5 Å². The zero-order valence-electron chi connectivity index (χ0n) is 11.3. The lowest BCUT2D eigenvalue weighted by atomic mass is 9.85. The summed E-state index contributed by atoms with van der Waals surface area (Å²) in [7, 11) is 0. The molecule has 0 aromatic carbocycles. The van der Waals surface area contributed by atoms with E-state index in [1.807, 2.05) is 0 Å². The Labute approximate surface area is 118 Å². The Kier molecular flexibility index (Phi) is 5.06. The van der Waals surface area contributed by atoms with Crippen molar-refractivity contribution in [1.82, 2.24) is 10.3 Å². The second-order valence-corrected chi connectivity index (χ2v) is 5.13. The fraction of sp³-hybridized carbons (Fsp3) is 0.500. The number of nitrogens with zero attached hydrogens (tertiary/aromatic N) is 1. The van der Waals surface area contributed by atoms with E-state index in [9.17, 15) is 9.59 Å². The number of aromatic nitrogens is 1. The van der Waals surface area contributed by atoms with Crippen molar-refractivity contribution in [1.29, 1.82) is 0 Å². The van der Waals surface area contributed by atoms with Gasteiger partial charge in [-0.05, 0) is 31.4 Å². The van der Waals surface area contributed by atoms with Gasteiger partial charge in [0.1, 0.15) is 0 Å². The summed E-state index contributed by atoms with van der Waals surface area (Å²) in [6.07, 6.45) is 6.69. The molecule has 0 aliphatic heterocycles. The summed E-state index contributed by atoms with van der Waals surface area (Å²) in [5.74, 6) is -0.405. The van der Waals surface area contributed by atoms with Gasteiger partial charge in [0.25, 0.3) is 0 Å². The minimum absolute atomic E-state index is 0.0283. The molecule has 1 saturated carbocycles. The molecule has 2 unspecified atom stereocenters. The maximum Gasteiger partial charge on any atom is 0.243 e. The number of pyridine rings is 1. The van der Waals surface area contributed by atoms with Crippen LogP contribution in [0.4, 0.5) is 5.69 Å². The first-order valence-electron chi connectivity index (χ1n) is 6.88. The maximum absolute atomic E-state index is 11.9. The minimum atomic E-state index is -0.258. The molecule has 1 aromatic heterocycles. The monoisotopic (exact) mass is 276 g/mol. The van der Waals surface area contributed by atoms with Crippen LogP contribution in [-0.2, 0) is 9.59 Å². The second kappa shape index (κ2) is 7.00. The number of hydrogen-bond acceptors (Lipinski definition) is 4. The van der Waals surface area contributed by atoms with Crippen LogP contribution in [0.15, 0.2) is 24.5 Å². The summed E-state index contributed by atoms with van der Waals surface area (Å²) in [6, 6.07) is 3.58. The Morgan fingerprint density at radius 1 is 1.40 bits per heavy atom. The van der Waals surface area contributed by atoms with Gasteiger partial charge >= 0.3 is 0 Å². The molecule has 0 radical (unpaired) electrons. The third kappa shape index (κ3) is 4.31. The number of rotatable bonds is 4. The van der Waals surface area contributed by atoms with Gasteiger partial charge in [-0.2, -0.15) is 0 Å². The first-order valence-corrected chi connectivity index (χ1v) is 6.88. The van der Waals surface area contributed by atoms with Crippen LogP contribution >= 0.6 is 0 Å². The van der Waals surface area contributed by atoms with Gasteiger partial charge in [-0.1, -0.05) is 6.42 Å². The van der Waals surface area contributed by atoms with Gasteiger partial charge in [0.2, 0.25) is 11.8 Å². The van der Waals surface area contributed by atoms with E-state index in [4.69, 9.17) is 5.73 Å². The van der Waals surface area contributed by atoms with E-state index in [-0.39, 0.29) is 30.3 Å². The SMILES string of the molecule is NC1CCCC(C(=O)NCC(=O)Nc2cccnc2)C1. The molecule has 2 amide bonds. The molecule has 1 fully saturated rings. The average Bonchev–Trinajstić information content (AvgIpc) is 2.46.